The van der Waals surface area contributed by atoms with Crippen molar-refractivity contribution in [3.8, 4) is 0 Å². The number of rotatable bonds is 4. The van der Waals surface area contributed by atoms with Gasteiger partial charge in [0.25, 0.3) is 0 Å². The van der Waals surface area contributed by atoms with Crippen LogP contribution in [-0.2, 0) is 21.4 Å². The minimum Gasteiger partial charge on any atom is -0.368 e. The highest BCUT2D eigenvalue weighted by molar-refractivity contribution is 7.89. The first-order valence-corrected chi connectivity index (χ1v) is 13.0. The zero-order valence-corrected chi connectivity index (χ0v) is 20.3. The number of halogens is 1. The van der Waals surface area contributed by atoms with E-state index in [1.165, 1.54) is 10.4 Å². The van der Waals surface area contributed by atoms with Gasteiger partial charge in [0.05, 0.1) is 0 Å². The van der Waals surface area contributed by atoms with Crippen LogP contribution >= 0.6 is 0 Å². The molecule has 0 spiro atoms. The zero-order chi connectivity index (χ0) is 23.8. The Labute approximate surface area is 196 Å². The number of benzene rings is 2. The first kappa shape index (κ1) is 23.7. The van der Waals surface area contributed by atoms with E-state index in [1.807, 2.05) is 50.2 Å². The smallest absolute Gasteiger partial charge is 0.221 e. The molecule has 2 aromatic rings. The number of carbonyl (C=O) groups is 1. The van der Waals surface area contributed by atoms with Crippen molar-refractivity contribution in [1.82, 2.24) is 9.21 Å². The second-order valence-corrected chi connectivity index (χ2v) is 11.6. The van der Waals surface area contributed by atoms with Gasteiger partial charge in [0.2, 0.25) is 15.9 Å². The lowest BCUT2D eigenvalue weighted by Crippen LogP contribution is -2.52. The van der Waals surface area contributed by atoms with Crippen LogP contribution in [0.15, 0.2) is 48.5 Å². The fourth-order valence-electron chi connectivity index (χ4n) is 4.86. The third-order valence-corrected chi connectivity index (χ3v) is 9.44. The summed E-state index contributed by atoms with van der Waals surface area (Å²) in [6, 6.07) is 14.3. The predicted molar refractivity (Wildman–Crippen MR) is 128 cm³/mol. The van der Waals surface area contributed by atoms with Gasteiger partial charge in [-0.15, -0.1) is 0 Å². The Morgan fingerprint density at radius 2 is 1.73 bits per heavy atom. The minimum absolute atomic E-state index is 0.00287. The van der Waals surface area contributed by atoms with E-state index in [-0.39, 0.29) is 12.5 Å². The van der Waals surface area contributed by atoms with Gasteiger partial charge >= 0.3 is 0 Å². The van der Waals surface area contributed by atoms with Crippen LogP contribution in [0.2, 0.25) is 0 Å². The Bertz CT molecular complexity index is 1110. The summed E-state index contributed by atoms with van der Waals surface area (Å²) in [7, 11) is -3.67. The molecule has 1 unspecified atom stereocenters. The summed E-state index contributed by atoms with van der Waals surface area (Å²) in [5, 5.41) is -0.619. The Balaban J connectivity index is 1.55. The molecular weight excluding hydrogens is 441 g/mol. The van der Waals surface area contributed by atoms with E-state index < -0.39 is 26.6 Å². The number of piperazine rings is 1. The molecule has 2 aromatic carbocycles. The van der Waals surface area contributed by atoms with Crippen molar-refractivity contribution >= 4 is 21.6 Å². The normalized spacial score (nSPS) is 22.8. The number of carbonyl (C=O) groups excluding carboxylic acids is 1. The average molecular weight is 474 g/mol. The van der Waals surface area contributed by atoms with E-state index in [2.05, 4.69) is 4.90 Å². The molecule has 0 N–H and O–H groups in total. The molecule has 0 aliphatic carbocycles. The van der Waals surface area contributed by atoms with E-state index in [1.54, 1.807) is 17.9 Å². The van der Waals surface area contributed by atoms with Gasteiger partial charge in [0, 0.05) is 56.4 Å². The lowest BCUT2D eigenvalue weighted by molar-refractivity contribution is -0.129. The quantitative estimate of drug-likeness (QED) is 0.675. The third-order valence-electron chi connectivity index (χ3n) is 6.97. The van der Waals surface area contributed by atoms with Gasteiger partial charge in [-0.2, -0.15) is 4.31 Å². The van der Waals surface area contributed by atoms with Crippen LogP contribution < -0.4 is 4.90 Å². The lowest BCUT2D eigenvalue weighted by Gasteiger charge is -2.44. The number of amides is 1. The number of anilines is 1. The molecule has 2 saturated heterocycles. The van der Waals surface area contributed by atoms with Crippen LogP contribution in [0.25, 0.3) is 0 Å². The van der Waals surface area contributed by atoms with E-state index in [0.717, 1.165) is 11.3 Å². The maximum atomic E-state index is 15.2. The molecule has 1 atom stereocenters. The van der Waals surface area contributed by atoms with Gasteiger partial charge in [-0.3, -0.25) is 4.79 Å². The second-order valence-electron chi connectivity index (χ2n) is 9.57. The molecule has 1 amide bonds. The fourth-order valence-corrected chi connectivity index (χ4v) is 7.18. The summed E-state index contributed by atoms with van der Waals surface area (Å²) in [4.78, 5) is 15.4. The summed E-state index contributed by atoms with van der Waals surface area (Å²) in [6.07, 6.45) is 1.25. The number of sulfonamides is 1. The van der Waals surface area contributed by atoms with Gasteiger partial charge in [-0.1, -0.05) is 36.4 Å². The van der Waals surface area contributed by atoms with Gasteiger partial charge in [0.15, 0.2) is 0 Å². The topological polar surface area (TPSA) is 60.9 Å². The van der Waals surface area contributed by atoms with E-state index in [0.29, 0.717) is 44.6 Å². The molecule has 178 valence electrons. The second kappa shape index (κ2) is 9.06. The molecule has 0 aromatic heterocycles. The molecule has 6 nitrogen and oxygen atoms in total. The van der Waals surface area contributed by atoms with Crippen LogP contribution in [0.4, 0.5) is 10.1 Å². The zero-order valence-electron chi connectivity index (χ0n) is 19.5. The van der Waals surface area contributed by atoms with Crippen molar-refractivity contribution in [1.29, 1.82) is 0 Å². The Kier molecular flexibility index (Phi) is 6.51. The van der Waals surface area contributed by atoms with Crippen molar-refractivity contribution in [3.05, 3.63) is 65.5 Å². The average Bonchev–Trinajstić information content (AvgIpc) is 2.78. The van der Waals surface area contributed by atoms with E-state index in [4.69, 9.17) is 0 Å². The monoisotopic (exact) mass is 473 g/mol. The van der Waals surface area contributed by atoms with Gasteiger partial charge in [-0.05, 0) is 44.4 Å². The maximum Gasteiger partial charge on any atom is 0.221 e. The van der Waals surface area contributed by atoms with Crippen LogP contribution in [-0.4, -0.2) is 55.2 Å². The first-order valence-electron chi connectivity index (χ1n) is 11.4. The molecule has 2 fully saturated rings. The van der Waals surface area contributed by atoms with E-state index in [9.17, 15) is 13.2 Å². The molecule has 2 aliphatic heterocycles. The third kappa shape index (κ3) is 4.77. The molecule has 0 radical (unpaired) electrons. The van der Waals surface area contributed by atoms with Gasteiger partial charge in [-0.25, -0.2) is 12.8 Å². The van der Waals surface area contributed by atoms with E-state index >= 15 is 4.39 Å². The summed E-state index contributed by atoms with van der Waals surface area (Å²) >= 11 is 0. The molecule has 2 heterocycles. The molecule has 0 saturated carbocycles. The predicted octanol–water partition coefficient (Wildman–Crippen LogP) is 3.94. The fraction of sp³-hybridized carbons (Fsp3) is 0.480. The summed E-state index contributed by atoms with van der Waals surface area (Å²) in [5.41, 5.74) is 1.30. The Morgan fingerprint density at radius 1 is 1.06 bits per heavy atom. The Hall–Kier alpha value is -2.45. The van der Waals surface area contributed by atoms with Crippen LogP contribution in [0.5, 0.6) is 0 Å². The van der Waals surface area contributed by atoms with Gasteiger partial charge < -0.3 is 9.80 Å². The van der Waals surface area contributed by atoms with Crippen LogP contribution in [0.3, 0.4) is 0 Å². The SMILES string of the molecule is CC(=O)N1CCN(c2ccc(CN3C(C)(C)CCC(c4ccccc4)S3(=O)=O)c(F)c2)CC1. The standard InChI is InChI=1S/C25H32FN3O3S/c1-19(30)27-13-15-28(16-14-27)22-10-9-21(23(26)17-22)18-29-25(2,3)12-11-24(33(29,31)32)20-7-5-4-6-8-20/h4-10,17,24H,11-16,18H2,1-3H3. The number of nitrogens with zero attached hydrogens (tertiary/aromatic N) is 3. The summed E-state index contributed by atoms with van der Waals surface area (Å²) < 4.78 is 43.9. The molecule has 4 rings (SSSR count). The van der Waals surface area contributed by atoms with Crippen molar-refractivity contribution in [2.45, 2.75) is 50.9 Å². The van der Waals surface area contributed by atoms with Crippen molar-refractivity contribution < 1.29 is 17.6 Å². The summed E-state index contributed by atoms with van der Waals surface area (Å²) in [6.45, 7) is 7.89. The maximum absolute atomic E-state index is 15.2. The molecule has 33 heavy (non-hydrogen) atoms. The summed E-state index contributed by atoms with van der Waals surface area (Å²) in [5.74, 6) is -0.357. The number of hydrogen-bond donors (Lipinski definition) is 0. The highest BCUT2D eigenvalue weighted by Crippen LogP contribution is 2.43. The first-order chi connectivity index (χ1) is 15.6. The van der Waals surface area contributed by atoms with Gasteiger partial charge in [0.1, 0.15) is 11.1 Å². The highest BCUT2D eigenvalue weighted by atomic mass is 32.2. The molecule has 8 heteroatoms. The largest absolute Gasteiger partial charge is 0.368 e. The van der Waals surface area contributed by atoms with Crippen molar-refractivity contribution in [2.75, 3.05) is 31.1 Å². The highest BCUT2D eigenvalue weighted by Gasteiger charge is 2.46. The Morgan fingerprint density at radius 3 is 2.33 bits per heavy atom. The van der Waals surface area contributed by atoms with Crippen molar-refractivity contribution in [3.63, 3.8) is 0 Å². The number of hydrogen-bond acceptors (Lipinski definition) is 4. The minimum atomic E-state index is -3.67. The molecular formula is C25H32FN3O3S. The lowest BCUT2D eigenvalue weighted by atomic mass is 9.94. The van der Waals surface area contributed by atoms with Crippen molar-refractivity contribution in [2.24, 2.45) is 0 Å². The molecule has 2 aliphatic rings. The van der Waals surface area contributed by atoms with Crippen LogP contribution in [0.1, 0.15) is 50.0 Å². The van der Waals surface area contributed by atoms with Crippen LogP contribution in [0, 0.1) is 5.82 Å². The molecule has 0 bridgehead atoms.